The molecule has 1 fully saturated rings. The fraction of sp³-hybridized carbons (Fsp3) is 0.355. The summed E-state index contributed by atoms with van der Waals surface area (Å²) in [7, 11) is 2.05. The monoisotopic (exact) mass is 501 g/mol. The minimum Gasteiger partial charge on any atom is -0.372 e. The number of carbonyl (C=O) groups is 1. The number of hydrogen-bond acceptors (Lipinski definition) is 5. The van der Waals surface area contributed by atoms with E-state index in [1.165, 1.54) is 53.9 Å². The number of nitrogens with zero attached hydrogens (tertiary/aromatic N) is 2. The molecule has 2 unspecified atom stereocenters. The molecule has 2 heterocycles. The average Bonchev–Trinajstić information content (AvgIpc) is 3.62. The third-order valence-corrected chi connectivity index (χ3v) is 8.02. The van der Waals surface area contributed by atoms with Gasteiger partial charge in [-0.1, -0.05) is 37.3 Å². The molecule has 2 atom stereocenters. The van der Waals surface area contributed by atoms with Crippen LogP contribution in [0.15, 0.2) is 73.3 Å². The van der Waals surface area contributed by atoms with Gasteiger partial charge in [0.25, 0.3) is 0 Å². The number of nitrogens with one attached hydrogen (secondary N) is 1. The van der Waals surface area contributed by atoms with Crippen molar-refractivity contribution < 1.29 is 4.79 Å². The van der Waals surface area contributed by atoms with Crippen molar-refractivity contribution in [3.63, 3.8) is 0 Å². The zero-order chi connectivity index (χ0) is 26.6. The smallest absolute Gasteiger partial charge is 0.116 e. The van der Waals surface area contributed by atoms with Crippen LogP contribution in [-0.2, 0) is 10.3 Å². The van der Waals surface area contributed by atoms with E-state index in [1.807, 2.05) is 32.2 Å². The molecule has 4 rings (SSSR count). The van der Waals surface area contributed by atoms with Gasteiger partial charge in [0, 0.05) is 34.4 Å². The molecular weight excluding hydrogens is 462 g/mol. The number of benzene rings is 2. The van der Waals surface area contributed by atoms with E-state index in [4.69, 9.17) is 4.79 Å². The first kappa shape index (κ1) is 29.0. The van der Waals surface area contributed by atoms with Gasteiger partial charge in [-0.05, 0) is 88.2 Å². The number of thiophene rings is 1. The van der Waals surface area contributed by atoms with Crippen LogP contribution >= 0.6 is 11.3 Å². The zero-order valence-electron chi connectivity index (χ0n) is 22.3. The molecule has 1 aromatic heterocycles. The van der Waals surface area contributed by atoms with E-state index in [0.29, 0.717) is 11.5 Å². The molecule has 36 heavy (non-hydrogen) atoms. The first-order chi connectivity index (χ1) is 17.4. The average molecular weight is 502 g/mol. The molecule has 1 aliphatic heterocycles. The summed E-state index contributed by atoms with van der Waals surface area (Å²) >= 11 is 1.80. The molecule has 0 bridgehead atoms. The number of hydrogen-bond donors (Lipinski definition) is 1. The number of anilines is 1. The van der Waals surface area contributed by atoms with Gasteiger partial charge in [-0.15, -0.1) is 17.9 Å². The zero-order valence-corrected chi connectivity index (χ0v) is 23.1. The summed E-state index contributed by atoms with van der Waals surface area (Å²) < 4.78 is 0. The Hall–Kier alpha value is -3.20. The van der Waals surface area contributed by atoms with Gasteiger partial charge in [0.05, 0.1) is 17.2 Å². The van der Waals surface area contributed by atoms with Crippen molar-refractivity contribution in [3.8, 4) is 16.5 Å². The summed E-state index contributed by atoms with van der Waals surface area (Å²) in [5, 5.41) is 12.8. The van der Waals surface area contributed by atoms with Gasteiger partial charge in [0.15, 0.2) is 0 Å². The molecule has 1 N–H and O–H groups in total. The molecule has 5 heteroatoms. The maximum atomic E-state index is 9.21. The van der Waals surface area contributed by atoms with E-state index < -0.39 is 0 Å². The second kappa shape index (κ2) is 14.4. The molecule has 2 aromatic carbocycles. The maximum absolute atomic E-state index is 9.21. The highest BCUT2D eigenvalue weighted by molar-refractivity contribution is 7.15. The lowest BCUT2D eigenvalue weighted by Gasteiger charge is -2.35. The number of allylic oxidation sites excluding steroid dienone is 1. The van der Waals surface area contributed by atoms with Crippen LogP contribution in [0.25, 0.3) is 10.4 Å². The Bertz CT molecular complexity index is 1130. The first-order valence-electron chi connectivity index (χ1n) is 12.5. The minimum atomic E-state index is -0.176. The normalized spacial score (nSPS) is 14.7. The van der Waals surface area contributed by atoms with Crippen molar-refractivity contribution in [1.82, 2.24) is 5.32 Å². The third kappa shape index (κ3) is 7.16. The van der Waals surface area contributed by atoms with Crippen molar-refractivity contribution in [2.45, 2.75) is 52.0 Å². The standard InChI is InChI=1S/C26H29N3S.C3H6.C2H4O/c1-19(21-9-11-23(12-10-21)29-15-4-5-16-29)26(2,28-3)25-14-13-24(30-25)22-8-6-7-20(17-22)18-27;1-3-2;1-2-3/h6-14,17,19,28H,4-5,15-16H2,1-3H3;3H,1H2,2H3;2H,1H3. The van der Waals surface area contributed by atoms with Gasteiger partial charge >= 0.3 is 0 Å². The van der Waals surface area contributed by atoms with Gasteiger partial charge in [-0.25, -0.2) is 0 Å². The molecule has 190 valence electrons. The molecule has 1 aliphatic rings. The van der Waals surface area contributed by atoms with Crippen LogP contribution < -0.4 is 10.2 Å². The Balaban J connectivity index is 0.000000693. The molecule has 0 spiro atoms. The molecule has 0 amide bonds. The van der Waals surface area contributed by atoms with E-state index in [9.17, 15) is 5.26 Å². The lowest BCUT2D eigenvalue weighted by Crippen LogP contribution is -2.40. The summed E-state index contributed by atoms with van der Waals surface area (Å²) in [5.74, 6) is 0.312. The molecule has 1 saturated heterocycles. The number of nitriles is 1. The quantitative estimate of drug-likeness (QED) is 0.280. The molecule has 0 radical (unpaired) electrons. The topological polar surface area (TPSA) is 56.1 Å². The van der Waals surface area contributed by atoms with Crippen molar-refractivity contribution in [1.29, 1.82) is 5.26 Å². The predicted octanol–water partition coefficient (Wildman–Crippen LogP) is 7.52. The van der Waals surface area contributed by atoms with Gasteiger partial charge in [-0.3, -0.25) is 0 Å². The van der Waals surface area contributed by atoms with Crippen LogP contribution in [-0.4, -0.2) is 26.4 Å². The van der Waals surface area contributed by atoms with Crippen molar-refractivity contribution in [3.05, 3.63) is 89.3 Å². The van der Waals surface area contributed by atoms with E-state index in [0.717, 1.165) is 11.8 Å². The van der Waals surface area contributed by atoms with Crippen LogP contribution in [0.4, 0.5) is 5.69 Å². The predicted molar refractivity (Wildman–Crippen MR) is 155 cm³/mol. The Morgan fingerprint density at radius 2 is 1.72 bits per heavy atom. The lowest BCUT2D eigenvalue weighted by atomic mass is 9.80. The number of aldehydes is 1. The highest BCUT2D eigenvalue weighted by Gasteiger charge is 2.34. The minimum absolute atomic E-state index is 0.176. The van der Waals surface area contributed by atoms with E-state index in [2.05, 4.69) is 79.2 Å². The second-order valence-electron chi connectivity index (χ2n) is 8.96. The van der Waals surface area contributed by atoms with Crippen LogP contribution in [0.1, 0.15) is 62.5 Å². The Morgan fingerprint density at radius 3 is 2.28 bits per heavy atom. The van der Waals surface area contributed by atoms with Gasteiger partial charge in [0.2, 0.25) is 0 Å². The maximum Gasteiger partial charge on any atom is 0.116 e. The Labute approximate surface area is 221 Å². The summed E-state index contributed by atoms with van der Waals surface area (Å²) in [4.78, 5) is 13.8. The fourth-order valence-corrected chi connectivity index (χ4v) is 5.59. The number of rotatable bonds is 6. The van der Waals surface area contributed by atoms with E-state index in [-0.39, 0.29) is 5.54 Å². The first-order valence-corrected chi connectivity index (χ1v) is 13.3. The molecule has 3 aromatic rings. The number of likely N-dealkylation sites (N-methyl/N-ethyl adjacent to an activating group) is 1. The highest BCUT2D eigenvalue weighted by atomic mass is 32.1. The summed E-state index contributed by atoms with van der Waals surface area (Å²) in [6.45, 7) is 13.6. The van der Waals surface area contributed by atoms with Crippen molar-refractivity contribution >= 4 is 23.3 Å². The van der Waals surface area contributed by atoms with Crippen LogP contribution in [0, 0.1) is 11.3 Å². The molecule has 4 nitrogen and oxygen atoms in total. The van der Waals surface area contributed by atoms with Crippen molar-refractivity contribution in [2.24, 2.45) is 0 Å². The number of carbonyl (C=O) groups excluding carboxylic acids is 1. The Morgan fingerprint density at radius 1 is 1.11 bits per heavy atom. The molecule has 0 saturated carbocycles. The van der Waals surface area contributed by atoms with Crippen LogP contribution in [0.2, 0.25) is 0 Å². The largest absolute Gasteiger partial charge is 0.372 e. The summed E-state index contributed by atoms with van der Waals surface area (Å²) in [6.07, 6.45) is 5.10. The third-order valence-electron chi connectivity index (χ3n) is 6.64. The van der Waals surface area contributed by atoms with Gasteiger partial charge in [-0.2, -0.15) is 5.26 Å². The SMILES string of the molecule is C=CC.CC=O.CNC(C)(c1ccc(-c2cccc(C#N)c2)s1)C(C)c1ccc(N2CCCC2)cc1. The van der Waals surface area contributed by atoms with Crippen LogP contribution in [0.5, 0.6) is 0 Å². The van der Waals surface area contributed by atoms with Crippen LogP contribution in [0.3, 0.4) is 0 Å². The fourth-order valence-electron chi connectivity index (χ4n) is 4.35. The summed E-state index contributed by atoms with van der Waals surface area (Å²) in [6, 6.07) is 23.6. The Kier molecular flexibility index (Phi) is 11.6. The highest BCUT2D eigenvalue weighted by Crippen LogP contribution is 2.42. The second-order valence-corrected chi connectivity index (χ2v) is 10.0. The van der Waals surface area contributed by atoms with Gasteiger partial charge in [0.1, 0.15) is 6.29 Å². The molecular formula is C31H39N3OS. The van der Waals surface area contributed by atoms with Crippen molar-refractivity contribution in [2.75, 3.05) is 25.0 Å². The summed E-state index contributed by atoms with van der Waals surface area (Å²) in [5.41, 5.74) is 4.31. The lowest BCUT2D eigenvalue weighted by molar-refractivity contribution is -0.106. The molecule has 0 aliphatic carbocycles. The van der Waals surface area contributed by atoms with E-state index in [1.54, 1.807) is 17.4 Å². The van der Waals surface area contributed by atoms with Gasteiger partial charge < -0.3 is 15.0 Å². The van der Waals surface area contributed by atoms with E-state index >= 15 is 0 Å².